The van der Waals surface area contributed by atoms with Crippen LogP contribution in [0.4, 0.5) is 14.5 Å². The number of pyridine rings is 1. The normalized spacial score (nSPS) is 25.6. The van der Waals surface area contributed by atoms with Crippen LogP contribution >= 0.6 is 0 Å². The minimum atomic E-state index is -0.906. The van der Waals surface area contributed by atoms with Crippen LogP contribution in [-0.2, 0) is 4.79 Å². The summed E-state index contributed by atoms with van der Waals surface area (Å²) in [7, 11) is 2.01. The highest BCUT2D eigenvalue weighted by Gasteiger charge is 2.34. The average molecular weight is 388 g/mol. The van der Waals surface area contributed by atoms with Crippen LogP contribution < -0.4 is 4.90 Å². The van der Waals surface area contributed by atoms with Gasteiger partial charge < -0.3 is 9.80 Å². The van der Waals surface area contributed by atoms with Crippen molar-refractivity contribution >= 4 is 22.5 Å². The molecule has 0 saturated carbocycles. The number of amides is 1. The van der Waals surface area contributed by atoms with Gasteiger partial charge in [-0.25, -0.2) is 8.78 Å². The summed E-state index contributed by atoms with van der Waals surface area (Å²) < 4.78 is 27.6. The van der Waals surface area contributed by atoms with Gasteiger partial charge >= 0.3 is 0 Å². The molecular weight excluding hydrogens is 362 g/mol. The lowest BCUT2D eigenvalue weighted by Gasteiger charge is -2.29. The van der Waals surface area contributed by atoms with Gasteiger partial charge in [-0.1, -0.05) is 0 Å². The minimum absolute atomic E-state index is 0.00684. The first-order valence-corrected chi connectivity index (χ1v) is 9.86. The number of aromatic nitrogens is 1. The third-order valence-electron chi connectivity index (χ3n) is 6.08. The molecular formula is C21H26F2N4O. The van der Waals surface area contributed by atoms with Crippen LogP contribution in [0.15, 0.2) is 30.5 Å². The molecule has 7 heteroatoms. The molecule has 150 valence electrons. The molecule has 0 spiro atoms. The fourth-order valence-electron chi connectivity index (χ4n) is 4.49. The lowest BCUT2D eigenvalue weighted by molar-refractivity contribution is -0.132. The monoisotopic (exact) mass is 388 g/mol. The molecule has 2 aliphatic heterocycles. The zero-order valence-electron chi connectivity index (χ0n) is 16.3. The predicted molar refractivity (Wildman–Crippen MR) is 106 cm³/mol. The molecule has 1 aromatic heterocycles. The molecule has 3 atom stereocenters. The van der Waals surface area contributed by atoms with Gasteiger partial charge in [0.25, 0.3) is 0 Å². The van der Waals surface area contributed by atoms with E-state index in [1.807, 2.05) is 26.1 Å². The maximum atomic E-state index is 14.1. The van der Waals surface area contributed by atoms with E-state index < -0.39 is 6.17 Å². The smallest absolute Gasteiger partial charge is 0.237 e. The van der Waals surface area contributed by atoms with Gasteiger partial charge in [0.1, 0.15) is 17.5 Å². The number of likely N-dealkylation sites (tertiary alicyclic amines) is 2. The van der Waals surface area contributed by atoms with E-state index in [4.69, 9.17) is 0 Å². The largest absolute Gasteiger partial charge is 0.370 e. The van der Waals surface area contributed by atoms with Crippen molar-refractivity contribution in [3.05, 3.63) is 36.3 Å². The second-order valence-corrected chi connectivity index (χ2v) is 7.98. The number of rotatable bonds is 4. The number of anilines is 1. The van der Waals surface area contributed by atoms with E-state index >= 15 is 0 Å². The summed E-state index contributed by atoms with van der Waals surface area (Å²) in [6, 6.07) is 7.15. The first-order chi connectivity index (χ1) is 13.4. The molecule has 4 rings (SSSR count). The average Bonchev–Trinajstić information content (AvgIpc) is 3.27. The van der Waals surface area contributed by atoms with E-state index in [9.17, 15) is 13.6 Å². The molecule has 2 fully saturated rings. The van der Waals surface area contributed by atoms with Crippen LogP contribution in [0, 0.1) is 5.82 Å². The topological polar surface area (TPSA) is 39.7 Å². The van der Waals surface area contributed by atoms with Crippen molar-refractivity contribution in [1.29, 1.82) is 0 Å². The van der Waals surface area contributed by atoms with Gasteiger partial charge in [-0.05, 0) is 37.6 Å². The Hall–Kier alpha value is -2.28. The second kappa shape index (κ2) is 7.62. The molecule has 2 aliphatic rings. The maximum Gasteiger partial charge on any atom is 0.237 e. The van der Waals surface area contributed by atoms with E-state index in [-0.39, 0.29) is 30.4 Å². The number of nitrogens with zero attached hydrogens (tertiary/aromatic N) is 4. The molecule has 0 N–H and O–H groups in total. The number of carbonyl (C=O) groups excluding carboxylic acids is 1. The molecule has 0 unspecified atom stereocenters. The van der Waals surface area contributed by atoms with Crippen molar-refractivity contribution in [3.8, 4) is 0 Å². The van der Waals surface area contributed by atoms with Gasteiger partial charge in [-0.15, -0.1) is 0 Å². The lowest BCUT2D eigenvalue weighted by atomic mass is 10.1. The Morgan fingerprint density at radius 1 is 1.32 bits per heavy atom. The highest BCUT2D eigenvalue weighted by molar-refractivity contribution is 5.92. The first kappa shape index (κ1) is 19.1. The SMILES string of the molecule is C[C@@H]1C[C@H](F)CN1C(=O)CN1CC[C@H](N(C)c2ccc(F)c3ncccc23)C1. The van der Waals surface area contributed by atoms with Crippen LogP contribution in [0.3, 0.4) is 0 Å². The fourth-order valence-corrected chi connectivity index (χ4v) is 4.49. The quantitative estimate of drug-likeness (QED) is 0.808. The van der Waals surface area contributed by atoms with E-state index in [0.29, 0.717) is 18.5 Å². The summed E-state index contributed by atoms with van der Waals surface area (Å²) in [5, 5.41) is 0.791. The van der Waals surface area contributed by atoms with Gasteiger partial charge in [0, 0.05) is 55.9 Å². The molecule has 3 heterocycles. The summed E-state index contributed by atoms with van der Waals surface area (Å²) in [5.74, 6) is -0.315. The summed E-state index contributed by atoms with van der Waals surface area (Å²) in [6.45, 7) is 4.02. The second-order valence-electron chi connectivity index (χ2n) is 7.98. The number of fused-ring (bicyclic) bond motifs is 1. The summed E-state index contributed by atoms with van der Waals surface area (Å²) >= 11 is 0. The van der Waals surface area contributed by atoms with E-state index in [1.165, 1.54) is 6.07 Å². The van der Waals surface area contributed by atoms with E-state index in [2.05, 4.69) is 14.8 Å². The summed E-state index contributed by atoms with van der Waals surface area (Å²) in [6.07, 6.45) is 2.05. The molecule has 0 aliphatic carbocycles. The molecule has 0 bridgehead atoms. The molecule has 2 aromatic rings. The van der Waals surface area contributed by atoms with Gasteiger partial charge in [0.05, 0.1) is 13.1 Å². The van der Waals surface area contributed by atoms with Crippen molar-refractivity contribution in [2.24, 2.45) is 0 Å². The van der Waals surface area contributed by atoms with Crippen LogP contribution in [0.5, 0.6) is 0 Å². The first-order valence-electron chi connectivity index (χ1n) is 9.86. The van der Waals surface area contributed by atoms with Gasteiger partial charge in [0.15, 0.2) is 0 Å². The molecule has 28 heavy (non-hydrogen) atoms. The number of carbonyl (C=O) groups is 1. The summed E-state index contributed by atoms with van der Waals surface area (Å²) in [4.78, 5) is 22.7. The number of hydrogen-bond acceptors (Lipinski definition) is 4. The zero-order valence-corrected chi connectivity index (χ0v) is 16.3. The molecule has 1 amide bonds. The number of likely N-dealkylation sites (N-methyl/N-ethyl adjacent to an activating group) is 1. The van der Waals surface area contributed by atoms with Crippen molar-refractivity contribution < 1.29 is 13.6 Å². The Morgan fingerprint density at radius 3 is 2.89 bits per heavy atom. The van der Waals surface area contributed by atoms with Crippen molar-refractivity contribution in [3.63, 3.8) is 0 Å². The molecule has 2 saturated heterocycles. The number of benzene rings is 1. The minimum Gasteiger partial charge on any atom is -0.370 e. The van der Waals surface area contributed by atoms with Crippen LogP contribution in [-0.4, -0.2) is 72.2 Å². The van der Waals surface area contributed by atoms with Gasteiger partial charge in [-0.2, -0.15) is 0 Å². The summed E-state index contributed by atoms with van der Waals surface area (Å²) in [5.41, 5.74) is 1.32. The van der Waals surface area contributed by atoms with Gasteiger partial charge in [0.2, 0.25) is 5.91 Å². The Morgan fingerprint density at radius 2 is 2.14 bits per heavy atom. The molecule has 5 nitrogen and oxygen atoms in total. The van der Waals surface area contributed by atoms with Crippen LogP contribution in [0.1, 0.15) is 19.8 Å². The maximum absolute atomic E-state index is 14.1. The third kappa shape index (κ3) is 3.55. The highest BCUT2D eigenvalue weighted by atomic mass is 19.1. The van der Waals surface area contributed by atoms with Crippen LogP contribution in [0.25, 0.3) is 10.9 Å². The lowest BCUT2D eigenvalue weighted by Crippen LogP contribution is -2.42. The number of hydrogen-bond donors (Lipinski definition) is 0. The number of halogens is 2. The Bertz CT molecular complexity index is 877. The Balaban J connectivity index is 1.43. The molecule has 0 radical (unpaired) electrons. The van der Waals surface area contributed by atoms with E-state index in [1.54, 1.807) is 17.2 Å². The van der Waals surface area contributed by atoms with E-state index in [0.717, 1.165) is 30.6 Å². The van der Waals surface area contributed by atoms with Crippen molar-refractivity contribution in [1.82, 2.24) is 14.8 Å². The highest BCUT2D eigenvalue weighted by Crippen LogP contribution is 2.30. The standard InChI is InChI=1S/C21H26F2N4O/c1-14-10-15(22)11-27(14)20(28)13-26-9-7-16(12-26)25(2)19-6-5-18(23)21-17(19)4-3-8-24-21/h3-6,8,14-16H,7,9-13H2,1-2H3/t14-,15+,16+/m1/s1. The van der Waals surface area contributed by atoms with Gasteiger partial charge in [-0.3, -0.25) is 14.7 Å². The predicted octanol–water partition coefficient (Wildman–Crippen LogP) is 2.84. The van der Waals surface area contributed by atoms with Crippen molar-refractivity contribution in [2.75, 3.05) is 38.1 Å². The Kier molecular flexibility index (Phi) is 5.19. The van der Waals surface area contributed by atoms with Crippen LogP contribution in [0.2, 0.25) is 0 Å². The van der Waals surface area contributed by atoms with Crippen molar-refractivity contribution in [2.45, 2.75) is 38.0 Å². The Labute approximate surface area is 163 Å². The third-order valence-corrected chi connectivity index (χ3v) is 6.08. The molecule has 1 aromatic carbocycles. The number of alkyl halides is 1. The zero-order chi connectivity index (χ0) is 19.8. The fraction of sp³-hybridized carbons (Fsp3) is 0.524.